The highest BCUT2D eigenvalue weighted by Gasteiger charge is 2.17. The van der Waals surface area contributed by atoms with Crippen molar-refractivity contribution in [3.63, 3.8) is 0 Å². The van der Waals surface area contributed by atoms with Crippen LogP contribution in [0.5, 0.6) is 0 Å². The van der Waals surface area contributed by atoms with Gasteiger partial charge >= 0.3 is 12.0 Å². The highest BCUT2D eigenvalue weighted by Crippen LogP contribution is 2.17. The minimum absolute atomic E-state index is 0.138. The van der Waals surface area contributed by atoms with Gasteiger partial charge in [0.25, 0.3) is 5.56 Å². The summed E-state index contributed by atoms with van der Waals surface area (Å²) in [5, 5.41) is 14.2. The van der Waals surface area contributed by atoms with Gasteiger partial charge in [-0.15, -0.1) is 10.2 Å². The molecule has 2 aromatic heterocycles. The number of ether oxygens (including phenoxy) is 1. The van der Waals surface area contributed by atoms with E-state index in [2.05, 4.69) is 20.8 Å². The zero-order valence-electron chi connectivity index (χ0n) is 19.6. The number of urea groups is 1. The van der Waals surface area contributed by atoms with Gasteiger partial charge in [0.2, 0.25) is 5.78 Å². The van der Waals surface area contributed by atoms with Crippen molar-refractivity contribution in [1.82, 2.24) is 19.2 Å². The molecule has 180 valence electrons. The van der Waals surface area contributed by atoms with Crippen LogP contribution in [-0.2, 0) is 18.4 Å². The summed E-state index contributed by atoms with van der Waals surface area (Å²) in [6, 6.07) is 20.5. The predicted molar refractivity (Wildman–Crippen MR) is 135 cm³/mol. The zero-order chi connectivity index (χ0) is 25.2. The van der Waals surface area contributed by atoms with Crippen LogP contribution in [0.4, 0.5) is 16.2 Å². The van der Waals surface area contributed by atoms with Crippen LogP contribution >= 0.6 is 0 Å². The van der Waals surface area contributed by atoms with Gasteiger partial charge in [0.15, 0.2) is 12.4 Å². The van der Waals surface area contributed by atoms with Gasteiger partial charge in [-0.2, -0.15) is 0 Å². The molecule has 2 heterocycles. The summed E-state index contributed by atoms with van der Waals surface area (Å²) in [5.41, 5.74) is 2.91. The molecule has 0 saturated carbocycles. The minimum Gasteiger partial charge on any atom is -0.454 e. The molecular formula is C26H22N6O4. The number of nitrogens with one attached hydrogen (secondary N) is 2. The summed E-state index contributed by atoms with van der Waals surface area (Å²) in [4.78, 5) is 37.5. The van der Waals surface area contributed by atoms with Gasteiger partial charge in [0.1, 0.15) is 0 Å². The van der Waals surface area contributed by atoms with E-state index < -0.39 is 12.0 Å². The van der Waals surface area contributed by atoms with Crippen molar-refractivity contribution in [2.45, 2.75) is 13.5 Å². The van der Waals surface area contributed by atoms with Crippen LogP contribution in [0.25, 0.3) is 16.7 Å². The van der Waals surface area contributed by atoms with Gasteiger partial charge in [-0.05, 0) is 55.5 Å². The maximum atomic E-state index is 12.7. The van der Waals surface area contributed by atoms with E-state index in [9.17, 15) is 14.4 Å². The molecule has 5 rings (SSSR count). The van der Waals surface area contributed by atoms with Crippen molar-refractivity contribution in [3.05, 3.63) is 100 Å². The van der Waals surface area contributed by atoms with Crippen molar-refractivity contribution >= 4 is 40.1 Å². The number of nitrogens with zero attached hydrogens (tertiary/aromatic N) is 4. The topological polar surface area (TPSA) is 120 Å². The van der Waals surface area contributed by atoms with Crippen LogP contribution in [0.15, 0.2) is 77.6 Å². The number of aryl methyl sites for hydroxylation is 2. The number of aromatic nitrogens is 4. The predicted octanol–water partition coefficient (Wildman–Crippen LogP) is 3.89. The minimum atomic E-state index is -0.558. The number of carbonyl (C=O) groups excluding carboxylic acids is 2. The Kier molecular flexibility index (Phi) is 5.91. The summed E-state index contributed by atoms with van der Waals surface area (Å²) in [6.07, 6.45) is 0. The molecule has 0 aliphatic carbocycles. The SMILES string of the molecule is Cc1ccc2c(c1)c(=O)n(C)c1nnc(COC(=O)c3ccc(NC(=O)Nc4ccccc4)cc3)n21. The first-order chi connectivity index (χ1) is 17.4. The number of fused-ring (bicyclic) bond motifs is 3. The Morgan fingerprint density at radius 3 is 2.33 bits per heavy atom. The van der Waals surface area contributed by atoms with Crippen molar-refractivity contribution in [2.75, 3.05) is 10.6 Å². The average molecular weight is 483 g/mol. The van der Waals surface area contributed by atoms with Gasteiger partial charge in [-0.25, -0.2) is 9.59 Å². The monoisotopic (exact) mass is 482 g/mol. The molecule has 0 saturated heterocycles. The van der Waals surface area contributed by atoms with E-state index >= 15 is 0 Å². The average Bonchev–Trinajstić information content (AvgIpc) is 3.31. The molecule has 36 heavy (non-hydrogen) atoms. The Bertz CT molecular complexity index is 1660. The molecule has 0 radical (unpaired) electrons. The van der Waals surface area contributed by atoms with E-state index in [1.54, 1.807) is 47.8 Å². The Morgan fingerprint density at radius 2 is 1.61 bits per heavy atom. The number of amides is 2. The second kappa shape index (κ2) is 9.34. The van der Waals surface area contributed by atoms with E-state index in [4.69, 9.17) is 4.74 Å². The highest BCUT2D eigenvalue weighted by atomic mass is 16.5. The number of hydrogen-bond acceptors (Lipinski definition) is 6. The molecule has 2 amide bonds. The van der Waals surface area contributed by atoms with E-state index in [0.717, 1.165) is 5.56 Å². The number of esters is 1. The number of para-hydroxylation sites is 1. The van der Waals surface area contributed by atoms with Gasteiger partial charge in [0, 0.05) is 18.4 Å². The van der Waals surface area contributed by atoms with E-state index in [1.807, 2.05) is 43.3 Å². The summed E-state index contributed by atoms with van der Waals surface area (Å²) in [6.45, 7) is 1.77. The van der Waals surface area contributed by atoms with E-state index in [0.29, 0.717) is 39.4 Å². The lowest BCUT2D eigenvalue weighted by Gasteiger charge is -2.10. The van der Waals surface area contributed by atoms with Gasteiger partial charge in [-0.1, -0.05) is 29.8 Å². The molecule has 0 aliphatic heterocycles. The van der Waals surface area contributed by atoms with Crippen molar-refractivity contribution in [1.29, 1.82) is 0 Å². The second-order valence-electron chi connectivity index (χ2n) is 8.24. The zero-order valence-corrected chi connectivity index (χ0v) is 19.6. The van der Waals surface area contributed by atoms with E-state index in [-0.39, 0.29) is 12.2 Å². The number of carbonyl (C=O) groups is 2. The molecule has 0 spiro atoms. The Hall–Kier alpha value is -4.99. The number of benzene rings is 3. The highest BCUT2D eigenvalue weighted by molar-refractivity contribution is 6.00. The van der Waals surface area contributed by atoms with Gasteiger partial charge < -0.3 is 15.4 Å². The van der Waals surface area contributed by atoms with Crippen LogP contribution < -0.4 is 16.2 Å². The van der Waals surface area contributed by atoms with Crippen LogP contribution in [0.1, 0.15) is 21.7 Å². The molecular weight excluding hydrogens is 460 g/mol. The summed E-state index contributed by atoms with van der Waals surface area (Å²) >= 11 is 0. The smallest absolute Gasteiger partial charge is 0.338 e. The number of hydrogen-bond donors (Lipinski definition) is 2. The third kappa shape index (κ3) is 4.39. The first-order valence-corrected chi connectivity index (χ1v) is 11.1. The molecule has 3 aromatic carbocycles. The van der Waals surface area contributed by atoms with Crippen LogP contribution in [-0.4, -0.2) is 31.2 Å². The molecule has 0 aliphatic rings. The quantitative estimate of drug-likeness (QED) is 0.367. The third-order valence-electron chi connectivity index (χ3n) is 5.68. The normalized spacial score (nSPS) is 10.9. The van der Waals surface area contributed by atoms with E-state index in [1.165, 1.54) is 4.57 Å². The number of rotatable bonds is 5. The molecule has 10 heteroatoms. The van der Waals surface area contributed by atoms with Gasteiger partial charge in [0.05, 0.1) is 16.5 Å². The number of anilines is 2. The van der Waals surface area contributed by atoms with Crippen LogP contribution in [0, 0.1) is 6.92 Å². The van der Waals surface area contributed by atoms with Crippen molar-refractivity contribution < 1.29 is 14.3 Å². The lowest BCUT2D eigenvalue weighted by Crippen LogP contribution is -2.20. The van der Waals surface area contributed by atoms with Crippen LogP contribution in [0.3, 0.4) is 0 Å². The molecule has 0 bridgehead atoms. The second-order valence-corrected chi connectivity index (χ2v) is 8.24. The Balaban J connectivity index is 1.29. The summed E-state index contributed by atoms with van der Waals surface area (Å²) in [5.74, 6) is 0.183. The molecule has 2 N–H and O–H groups in total. The first kappa shape index (κ1) is 22.8. The summed E-state index contributed by atoms with van der Waals surface area (Å²) < 4.78 is 8.60. The molecule has 0 unspecified atom stereocenters. The molecule has 10 nitrogen and oxygen atoms in total. The lowest BCUT2D eigenvalue weighted by atomic mass is 10.1. The third-order valence-corrected chi connectivity index (χ3v) is 5.68. The Labute approximate surface area is 205 Å². The Morgan fingerprint density at radius 1 is 0.917 bits per heavy atom. The fourth-order valence-corrected chi connectivity index (χ4v) is 3.87. The van der Waals surface area contributed by atoms with Crippen molar-refractivity contribution in [3.8, 4) is 0 Å². The van der Waals surface area contributed by atoms with Crippen molar-refractivity contribution in [2.24, 2.45) is 7.05 Å². The summed E-state index contributed by atoms with van der Waals surface area (Å²) in [7, 11) is 1.62. The molecule has 0 atom stereocenters. The largest absolute Gasteiger partial charge is 0.454 e. The lowest BCUT2D eigenvalue weighted by molar-refractivity contribution is 0.0461. The molecule has 5 aromatic rings. The fourth-order valence-electron chi connectivity index (χ4n) is 3.87. The first-order valence-electron chi connectivity index (χ1n) is 11.1. The maximum absolute atomic E-state index is 12.7. The molecule has 0 fully saturated rings. The van der Waals surface area contributed by atoms with Gasteiger partial charge in [-0.3, -0.25) is 13.8 Å². The van der Waals surface area contributed by atoms with Crippen LogP contribution in [0.2, 0.25) is 0 Å². The maximum Gasteiger partial charge on any atom is 0.338 e. The fraction of sp³-hybridized carbons (Fsp3) is 0.115. The standard InChI is InChI=1S/C26H22N6O4/c1-16-8-13-21-20(14-16)23(33)31(2)26-30-29-22(32(21)26)15-36-24(34)17-9-11-19(12-10-17)28-25(35)27-18-6-4-3-5-7-18/h3-14H,15H2,1-2H3,(H2,27,28,35).